The molecule has 4 rings (SSSR count). The Morgan fingerprint density at radius 2 is 1.60 bits per heavy atom. The third-order valence-electron chi connectivity index (χ3n) is 7.66. The lowest BCUT2D eigenvalue weighted by molar-refractivity contribution is -0.385. The van der Waals surface area contributed by atoms with Gasteiger partial charge in [-0.1, -0.05) is 66.2 Å². The van der Waals surface area contributed by atoms with Crippen LogP contribution < -0.4 is 14.4 Å². The standard InChI is InChI=1S/C35H38N4O7S/c1-5-36-35(41)33(21-27-11-7-6-8-12-27)37(23-28-13-9-10-25(2)20-28)34(40)24-38(29-15-17-30(46-4)18-16-29)47(44,45)31-19-14-26(3)32(22-31)39(42)43/h6-20,22,33H,5,21,23-24H2,1-4H3,(H,36,41). The average Bonchev–Trinajstić information content (AvgIpc) is 3.05. The summed E-state index contributed by atoms with van der Waals surface area (Å²) in [6, 6.07) is 25.5. The number of hydrogen-bond donors (Lipinski definition) is 1. The zero-order valence-corrected chi connectivity index (χ0v) is 27.6. The fourth-order valence-electron chi connectivity index (χ4n) is 5.20. The number of benzene rings is 4. The third kappa shape index (κ3) is 8.53. The highest BCUT2D eigenvalue weighted by Gasteiger charge is 2.35. The maximum Gasteiger partial charge on any atom is 0.273 e. The van der Waals surface area contributed by atoms with Crippen molar-refractivity contribution in [2.24, 2.45) is 0 Å². The Kier molecular flexibility index (Phi) is 11.3. The van der Waals surface area contributed by atoms with Gasteiger partial charge in [-0.15, -0.1) is 0 Å². The van der Waals surface area contributed by atoms with Crippen LogP contribution in [0.5, 0.6) is 5.75 Å². The lowest BCUT2D eigenvalue weighted by atomic mass is 10.0. The van der Waals surface area contributed by atoms with Gasteiger partial charge in [0.2, 0.25) is 11.8 Å². The summed E-state index contributed by atoms with van der Waals surface area (Å²) in [7, 11) is -3.06. The number of rotatable bonds is 14. The zero-order valence-electron chi connectivity index (χ0n) is 26.8. The van der Waals surface area contributed by atoms with Gasteiger partial charge in [0, 0.05) is 31.1 Å². The number of ether oxygens (including phenoxy) is 1. The van der Waals surface area contributed by atoms with Gasteiger partial charge in [0.05, 0.1) is 22.6 Å². The molecule has 0 aliphatic heterocycles. The van der Waals surface area contributed by atoms with Crippen molar-refractivity contribution in [1.29, 1.82) is 0 Å². The molecule has 0 saturated carbocycles. The molecule has 0 aliphatic carbocycles. The topological polar surface area (TPSA) is 139 Å². The summed E-state index contributed by atoms with van der Waals surface area (Å²) in [6.07, 6.45) is 0.184. The highest BCUT2D eigenvalue weighted by atomic mass is 32.2. The van der Waals surface area contributed by atoms with Gasteiger partial charge in [-0.05, 0) is 62.2 Å². The van der Waals surface area contributed by atoms with Crippen molar-refractivity contribution in [3.8, 4) is 5.75 Å². The van der Waals surface area contributed by atoms with Gasteiger partial charge >= 0.3 is 0 Å². The fraction of sp³-hybridized carbons (Fsp3) is 0.257. The molecule has 1 atom stereocenters. The molecule has 11 nitrogen and oxygen atoms in total. The first-order valence-corrected chi connectivity index (χ1v) is 16.5. The molecular weight excluding hydrogens is 620 g/mol. The van der Waals surface area contributed by atoms with Gasteiger partial charge in [0.1, 0.15) is 18.3 Å². The van der Waals surface area contributed by atoms with Gasteiger partial charge in [0.25, 0.3) is 15.7 Å². The Balaban J connectivity index is 1.83. The van der Waals surface area contributed by atoms with Crippen molar-refractivity contribution in [1.82, 2.24) is 10.2 Å². The van der Waals surface area contributed by atoms with E-state index in [1.807, 2.05) is 61.5 Å². The quantitative estimate of drug-likeness (QED) is 0.145. The molecule has 2 amide bonds. The normalized spacial score (nSPS) is 11.7. The van der Waals surface area contributed by atoms with Crippen LogP contribution in [0.15, 0.2) is 102 Å². The number of nitrogens with one attached hydrogen (secondary N) is 1. The number of carbonyl (C=O) groups is 2. The Bertz CT molecular complexity index is 1830. The fourth-order valence-corrected chi connectivity index (χ4v) is 6.64. The minimum Gasteiger partial charge on any atom is -0.497 e. The number of methoxy groups -OCH3 is 1. The van der Waals surface area contributed by atoms with Gasteiger partial charge in [-0.2, -0.15) is 0 Å². The van der Waals surface area contributed by atoms with Crippen LogP contribution in [0.4, 0.5) is 11.4 Å². The van der Waals surface area contributed by atoms with E-state index in [1.54, 1.807) is 19.1 Å². The molecule has 0 spiro atoms. The molecule has 4 aromatic carbocycles. The predicted octanol–water partition coefficient (Wildman–Crippen LogP) is 5.19. The number of nitrogens with zero attached hydrogens (tertiary/aromatic N) is 3. The Hall–Kier alpha value is -5.23. The number of amides is 2. The molecular formula is C35H38N4O7S. The smallest absolute Gasteiger partial charge is 0.273 e. The molecule has 4 aromatic rings. The number of sulfonamides is 1. The van der Waals surface area contributed by atoms with E-state index in [9.17, 15) is 28.1 Å². The first kappa shape index (κ1) is 34.6. The molecule has 246 valence electrons. The molecule has 12 heteroatoms. The van der Waals surface area contributed by atoms with Crippen LogP contribution in [0.1, 0.15) is 29.2 Å². The molecule has 0 bridgehead atoms. The molecule has 0 fully saturated rings. The van der Waals surface area contributed by atoms with Gasteiger partial charge in [-0.25, -0.2) is 8.42 Å². The second kappa shape index (κ2) is 15.4. The summed E-state index contributed by atoms with van der Waals surface area (Å²) in [5, 5.41) is 14.5. The molecule has 47 heavy (non-hydrogen) atoms. The van der Waals surface area contributed by atoms with Crippen molar-refractivity contribution in [3.05, 3.63) is 129 Å². The first-order valence-electron chi connectivity index (χ1n) is 15.0. The lowest BCUT2D eigenvalue weighted by Crippen LogP contribution is -2.53. The molecule has 0 aliphatic rings. The molecule has 0 heterocycles. The average molecular weight is 659 g/mol. The number of likely N-dealkylation sites (N-methyl/N-ethyl adjacent to an activating group) is 1. The second-order valence-electron chi connectivity index (χ2n) is 11.0. The first-order chi connectivity index (χ1) is 22.4. The highest BCUT2D eigenvalue weighted by molar-refractivity contribution is 7.92. The number of nitro benzene ring substituents is 1. The third-order valence-corrected chi connectivity index (χ3v) is 9.43. The van der Waals surface area contributed by atoms with Crippen molar-refractivity contribution in [2.45, 2.75) is 44.7 Å². The summed E-state index contributed by atoms with van der Waals surface area (Å²) in [6.45, 7) is 4.88. The summed E-state index contributed by atoms with van der Waals surface area (Å²) < 4.78 is 34.7. The van der Waals surface area contributed by atoms with E-state index in [0.29, 0.717) is 12.3 Å². The van der Waals surface area contributed by atoms with Crippen molar-refractivity contribution < 1.29 is 27.7 Å². The van der Waals surface area contributed by atoms with Gasteiger partial charge in [-0.3, -0.25) is 24.0 Å². The molecule has 0 aromatic heterocycles. The van der Waals surface area contributed by atoms with E-state index < -0.39 is 33.4 Å². The predicted molar refractivity (Wildman–Crippen MR) is 180 cm³/mol. The second-order valence-corrected chi connectivity index (χ2v) is 12.9. The number of aryl methyl sites for hydroxylation is 2. The van der Waals surface area contributed by atoms with Crippen LogP contribution in [0.25, 0.3) is 0 Å². The summed E-state index contributed by atoms with van der Waals surface area (Å²) in [5.41, 5.74) is 2.58. The van der Waals surface area contributed by atoms with E-state index in [1.165, 1.54) is 43.2 Å². The van der Waals surface area contributed by atoms with Crippen LogP contribution >= 0.6 is 0 Å². The molecule has 1 unspecified atom stereocenters. The van der Waals surface area contributed by atoms with Gasteiger partial charge < -0.3 is 15.0 Å². The zero-order chi connectivity index (χ0) is 34.1. The van der Waals surface area contributed by atoms with E-state index in [-0.39, 0.29) is 40.7 Å². The maximum absolute atomic E-state index is 14.5. The van der Waals surface area contributed by atoms with Crippen LogP contribution in [0.3, 0.4) is 0 Å². The SMILES string of the molecule is CCNC(=O)C(Cc1ccccc1)N(Cc1cccc(C)c1)C(=O)CN(c1ccc(OC)cc1)S(=O)(=O)c1ccc(C)c([N+](=O)[O-])c1. The molecule has 0 radical (unpaired) electrons. The summed E-state index contributed by atoms with van der Waals surface area (Å²) >= 11 is 0. The van der Waals surface area contributed by atoms with Crippen molar-refractivity contribution in [2.75, 3.05) is 24.5 Å². The highest BCUT2D eigenvalue weighted by Crippen LogP contribution is 2.30. The Morgan fingerprint density at radius 3 is 2.21 bits per heavy atom. The number of nitro groups is 1. The van der Waals surface area contributed by atoms with E-state index in [0.717, 1.165) is 27.1 Å². The number of hydrogen-bond acceptors (Lipinski definition) is 7. The number of carbonyl (C=O) groups excluding carboxylic acids is 2. The summed E-state index contributed by atoms with van der Waals surface area (Å²) in [5.74, 6) is -0.561. The van der Waals surface area contributed by atoms with E-state index in [4.69, 9.17) is 4.74 Å². The lowest BCUT2D eigenvalue weighted by Gasteiger charge is -2.34. The van der Waals surface area contributed by atoms with Crippen molar-refractivity contribution >= 4 is 33.2 Å². The minimum atomic E-state index is -4.53. The number of anilines is 1. The van der Waals surface area contributed by atoms with Crippen LogP contribution in [0.2, 0.25) is 0 Å². The van der Waals surface area contributed by atoms with E-state index >= 15 is 0 Å². The maximum atomic E-state index is 14.5. The minimum absolute atomic E-state index is 0.0294. The van der Waals surface area contributed by atoms with Gasteiger partial charge in [0.15, 0.2) is 0 Å². The largest absolute Gasteiger partial charge is 0.497 e. The Morgan fingerprint density at radius 1 is 0.915 bits per heavy atom. The van der Waals surface area contributed by atoms with E-state index in [2.05, 4.69) is 5.32 Å². The molecule has 1 N–H and O–H groups in total. The summed E-state index contributed by atoms with van der Waals surface area (Å²) in [4.78, 5) is 40.2. The monoisotopic (exact) mass is 658 g/mol. The molecule has 0 saturated heterocycles. The van der Waals surface area contributed by atoms with Crippen LogP contribution in [0, 0.1) is 24.0 Å². The van der Waals surface area contributed by atoms with Crippen LogP contribution in [-0.2, 0) is 32.6 Å². The van der Waals surface area contributed by atoms with Crippen LogP contribution in [-0.4, -0.2) is 56.3 Å². The van der Waals surface area contributed by atoms with Crippen molar-refractivity contribution in [3.63, 3.8) is 0 Å². The Labute approximate surface area is 275 Å².